The molecule has 0 N–H and O–H groups in total. The first-order chi connectivity index (χ1) is 13.0. The molecule has 0 bridgehead atoms. The van der Waals surface area contributed by atoms with Crippen LogP contribution in [0.2, 0.25) is 0 Å². The molecule has 1 unspecified atom stereocenters. The number of aliphatic imine (C=N–C) groups is 1. The summed E-state index contributed by atoms with van der Waals surface area (Å²) in [6, 6.07) is 15.9. The summed E-state index contributed by atoms with van der Waals surface area (Å²) < 4.78 is 6.71. The first kappa shape index (κ1) is 15.8. The Balaban J connectivity index is 1.73. The Morgan fingerprint density at radius 1 is 1.15 bits per heavy atom. The number of fused-ring (bicyclic) bond motifs is 4. The van der Waals surface area contributed by atoms with E-state index in [1.165, 1.54) is 0 Å². The van der Waals surface area contributed by atoms with Gasteiger partial charge in [0, 0.05) is 24.3 Å². The van der Waals surface area contributed by atoms with Gasteiger partial charge in [-0.05, 0) is 43.7 Å². The van der Waals surface area contributed by atoms with Gasteiger partial charge in [-0.1, -0.05) is 18.2 Å². The van der Waals surface area contributed by atoms with Gasteiger partial charge >= 0.3 is 0 Å². The Morgan fingerprint density at radius 2 is 2.00 bits per heavy atom. The normalized spacial score (nSPS) is 21.6. The molecule has 3 aromatic rings. The smallest absolute Gasteiger partial charge is 0.228 e. The lowest BCUT2D eigenvalue weighted by Gasteiger charge is -2.44. The van der Waals surface area contributed by atoms with Gasteiger partial charge < -0.3 is 9.64 Å². The Kier molecular flexibility index (Phi) is 2.98. The Hall–Kier alpha value is -3.39. The van der Waals surface area contributed by atoms with Crippen molar-refractivity contribution in [2.75, 3.05) is 11.9 Å². The zero-order valence-corrected chi connectivity index (χ0v) is 15.4. The zero-order valence-electron chi connectivity index (χ0n) is 15.4. The Labute approximate surface area is 157 Å². The van der Waals surface area contributed by atoms with E-state index in [-0.39, 0.29) is 5.41 Å². The summed E-state index contributed by atoms with van der Waals surface area (Å²) in [5, 5.41) is 10.3. The molecule has 1 aromatic heterocycles. The maximum atomic E-state index is 9.30. The molecule has 5 rings (SSSR count). The fraction of sp³-hybridized carbons (Fsp3) is 0.227. The third-order valence-corrected chi connectivity index (χ3v) is 5.90. The van der Waals surface area contributed by atoms with Crippen LogP contribution in [0, 0.1) is 11.3 Å². The number of rotatable bonds is 0. The minimum atomic E-state index is -0.789. The molecule has 3 heterocycles. The van der Waals surface area contributed by atoms with E-state index >= 15 is 0 Å². The first-order valence-electron chi connectivity index (χ1n) is 8.88. The number of likely N-dealkylation sites (N-methyl/N-ethyl adjacent to an activating group) is 1. The van der Waals surface area contributed by atoms with E-state index in [1.54, 1.807) is 6.20 Å². The van der Waals surface area contributed by atoms with Gasteiger partial charge in [0.1, 0.15) is 11.2 Å². The molecular weight excluding hydrogens is 336 g/mol. The van der Waals surface area contributed by atoms with Gasteiger partial charge in [-0.15, -0.1) is 0 Å². The summed E-state index contributed by atoms with van der Waals surface area (Å²) in [6.07, 6.45) is 3.66. The van der Waals surface area contributed by atoms with Gasteiger partial charge in [-0.3, -0.25) is 9.98 Å². The third kappa shape index (κ3) is 1.87. The van der Waals surface area contributed by atoms with Crippen LogP contribution in [0.3, 0.4) is 0 Å². The molecule has 0 radical (unpaired) electrons. The number of hydrogen-bond acceptors (Lipinski definition) is 5. The Morgan fingerprint density at radius 3 is 2.81 bits per heavy atom. The summed E-state index contributed by atoms with van der Waals surface area (Å²) in [4.78, 5) is 11.4. The van der Waals surface area contributed by atoms with Gasteiger partial charge in [0.25, 0.3) is 0 Å². The van der Waals surface area contributed by atoms with E-state index in [9.17, 15) is 5.26 Å². The number of pyridine rings is 1. The van der Waals surface area contributed by atoms with Gasteiger partial charge in [0.05, 0.1) is 23.3 Å². The van der Waals surface area contributed by atoms with Crippen LogP contribution in [0.15, 0.2) is 53.7 Å². The highest BCUT2D eigenvalue weighted by Crippen LogP contribution is 2.54. The lowest BCUT2D eigenvalue weighted by molar-refractivity contribution is 0.0840. The molecule has 0 saturated carbocycles. The maximum Gasteiger partial charge on any atom is 0.228 e. The average Bonchev–Trinajstić information content (AvgIpc) is 2.86. The van der Waals surface area contributed by atoms with E-state index < -0.39 is 5.72 Å². The van der Waals surface area contributed by atoms with Crippen molar-refractivity contribution in [1.82, 2.24) is 4.98 Å². The molecule has 5 heteroatoms. The fourth-order valence-corrected chi connectivity index (χ4v) is 4.29. The van der Waals surface area contributed by atoms with Crippen LogP contribution in [0.4, 0.5) is 11.4 Å². The number of aromatic nitrogens is 1. The topological polar surface area (TPSA) is 61.5 Å². The predicted octanol–water partition coefficient (Wildman–Crippen LogP) is 4.33. The lowest BCUT2D eigenvalue weighted by Crippen LogP contribution is -2.61. The van der Waals surface area contributed by atoms with Crippen LogP contribution in [-0.2, 0) is 5.41 Å². The zero-order chi connectivity index (χ0) is 18.8. The third-order valence-electron chi connectivity index (χ3n) is 5.90. The number of nitriles is 1. The molecule has 0 amide bonds. The Bertz CT molecular complexity index is 1170. The second-order valence-electron chi connectivity index (χ2n) is 7.57. The molecule has 27 heavy (non-hydrogen) atoms. The largest absolute Gasteiger partial charge is 0.457 e. The highest BCUT2D eigenvalue weighted by Gasteiger charge is 2.58. The number of hydrogen-bond donors (Lipinski definition) is 0. The van der Waals surface area contributed by atoms with E-state index in [0.29, 0.717) is 11.3 Å². The summed E-state index contributed by atoms with van der Waals surface area (Å²) in [6.45, 7) is 4.30. The second kappa shape index (κ2) is 5.08. The van der Waals surface area contributed by atoms with Crippen molar-refractivity contribution in [1.29, 1.82) is 5.26 Å². The molecule has 132 valence electrons. The first-order valence-corrected chi connectivity index (χ1v) is 8.88. The molecular formula is C22H18N4O. The monoisotopic (exact) mass is 354 g/mol. The predicted molar refractivity (Wildman–Crippen MR) is 106 cm³/mol. The second-order valence-corrected chi connectivity index (χ2v) is 7.57. The van der Waals surface area contributed by atoms with Crippen molar-refractivity contribution in [3.63, 3.8) is 0 Å². The SMILES string of the molecule is CN1c2cc(C#N)ccc2C(C)(C)C12C=Nc1ccc3cccnc3c1O2. The van der Waals surface area contributed by atoms with Gasteiger partial charge in [-0.25, -0.2) is 0 Å². The number of benzene rings is 2. The molecule has 0 saturated heterocycles. The van der Waals surface area contributed by atoms with Crippen molar-refractivity contribution >= 4 is 28.5 Å². The molecule has 2 aliphatic rings. The quantitative estimate of drug-likeness (QED) is 0.603. The van der Waals surface area contributed by atoms with Crippen molar-refractivity contribution in [3.8, 4) is 11.8 Å². The van der Waals surface area contributed by atoms with Crippen molar-refractivity contribution in [2.24, 2.45) is 4.99 Å². The standard InChI is InChI=1S/C22H18N4O/c1-21(2)16-8-6-14(12-23)11-18(16)26(3)22(21)13-25-17-9-7-15-5-4-10-24-19(15)20(17)27-22/h4-11,13H,1-3H3. The number of ether oxygens (including phenoxy) is 1. The average molecular weight is 354 g/mol. The van der Waals surface area contributed by atoms with Gasteiger partial charge in [0.2, 0.25) is 5.72 Å². The summed E-state index contributed by atoms with van der Waals surface area (Å²) in [7, 11) is 1.99. The van der Waals surface area contributed by atoms with Crippen molar-refractivity contribution in [2.45, 2.75) is 25.0 Å². The highest BCUT2D eigenvalue weighted by molar-refractivity contribution is 5.95. The van der Waals surface area contributed by atoms with E-state index in [2.05, 4.69) is 29.8 Å². The van der Waals surface area contributed by atoms with Crippen molar-refractivity contribution in [3.05, 3.63) is 59.8 Å². The van der Waals surface area contributed by atoms with Gasteiger partial charge in [-0.2, -0.15) is 5.26 Å². The van der Waals surface area contributed by atoms with Crippen LogP contribution in [-0.4, -0.2) is 24.0 Å². The van der Waals surface area contributed by atoms with Gasteiger partial charge in [0.15, 0.2) is 5.75 Å². The molecule has 2 aromatic carbocycles. The lowest BCUT2D eigenvalue weighted by atomic mass is 9.77. The van der Waals surface area contributed by atoms with Crippen molar-refractivity contribution < 1.29 is 4.74 Å². The molecule has 1 atom stereocenters. The minimum absolute atomic E-state index is 0.372. The molecule has 0 fully saturated rings. The summed E-state index contributed by atoms with van der Waals surface area (Å²) >= 11 is 0. The maximum absolute atomic E-state index is 9.30. The van der Waals surface area contributed by atoms with Crippen LogP contribution in [0.5, 0.6) is 5.75 Å². The minimum Gasteiger partial charge on any atom is -0.457 e. The highest BCUT2D eigenvalue weighted by atomic mass is 16.5. The number of anilines is 1. The van der Waals surface area contributed by atoms with Crippen LogP contribution >= 0.6 is 0 Å². The summed E-state index contributed by atoms with van der Waals surface area (Å²) in [5.41, 5.74) is 3.18. The molecule has 2 aliphatic heterocycles. The fourth-order valence-electron chi connectivity index (χ4n) is 4.29. The summed E-state index contributed by atoms with van der Waals surface area (Å²) in [5.74, 6) is 0.698. The van der Waals surface area contributed by atoms with Crippen LogP contribution in [0.25, 0.3) is 10.9 Å². The van der Waals surface area contributed by atoms with E-state index in [0.717, 1.165) is 27.8 Å². The number of nitrogens with zero attached hydrogens (tertiary/aromatic N) is 4. The molecule has 1 spiro atoms. The molecule has 0 aliphatic carbocycles. The van der Waals surface area contributed by atoms with Crippen LogP contribution in [0.1, 0.15) is 25.0 Å². The van der Waals surface area contributed by atoms with E-state index in [1.807, 2.05) is 55.7 Å². The van der Waals surface area contributed by atoms with E-state index in [4.69, 9.17) is 9.73 Å². The molecule has 5 nitrogen and oxygen atoms in total. The van der Waals surface area contributed by atoms with Crippen LogP contribution < -0.4 is 9.64 Å².